The van der Waals surface area contributed by atoms with Gasteiger partial charge in [-0.05, 0) is 55.8 Å². The van der Waals surface area contributed by atoms with Crippen LogP contribution in [0.15, 0.2) is 24.3 Å². The highest BCUT2D eigenvalue weighted by molar-refractivity contribution is 5.11. The Kier molecular flexibility index (Phi) is 1.81. The zero-order chi connectivity index (χ0) is 8.67. The van der Waals surface area contributed by atoms with Crippen molar-refractivity contribution >= 4 is 0 Å². The fourth-order valence-corrected chi connectivity index (χ4v) is 3.68. The highest BCUT2D eigenvalue weighted by Gasteiger charge is 2.41. The van der Waals surface area contributed by atoms with Crippen molar-refractivity contribution in [3.05, 3.63) is 24.3 Å². The molecule has 0 N–H and O–H groups in total. The summed E-state index contributed by atoms with van der Waals surface area (Å²) in [7, 11) is 0. The van der Waals surface area contributed by atoms with Crippen molar-refractivity contribution < 1.29 is 0 Å². The minimum atomic E-state index is 0.937. The Hall–Kier alpha value is -0.520. The molecule has 13 heavy (non-hydrogen) atoms. The maximum atomic E-state index is 2.53. The van der Waals surface area contributed by atoms with Gasteiger partial charge in [-0.2, -0.15) is 0 Å². The summed E-state index contributed by atoms with van der Waals surface area (Å²) in [6, 6.07) is 0. The van der Waals surface area contributed by atoms with Gasteiger partial charge in [-0.3, -0.25) is 0 Å². The Balaban J connectivity index is 1.88. The monoisotopic (exact) mass is 174 g/mol. The zero-order valence-corrected chi connectivity index (χ0v) is 8.15. The van der Waals surface area contributed by atoms with Crippen LogP contribution >= 0.6 is 0 Å². The van der Waals surface area contributed by atoms with E-state index in [2.05, 4.69) is 24.3 Å². The van der Waals surface area contributed by atoms with Crippen molar-refractivity contribution in [3.8, 4) is 0 Å². The molecule has 0 heteroatoms. The van der Waals surface area contributed by atoms with E-state index in [1.54, 1.807) is 0 Å². The summed E-state index contributed by atoms with van der Waals surface area (Å²) in [6.07, 6.45) is 16.9. The maximum absolute atomic E-state index is 2.53. The molecule has 0 nitrogen and oxygen atoms in total. The highest BCUT2D eigenvalue weighted by Crippen LogP contribution is 2.50. The summed E-state index contributed by atoms with van der Waals surface area (Å²) >= 11 is 0. The smallest absolute Gasteiger partial charge is 0.0171 e. The summed E-state index contributed by atoms with van der Waals surface area (Å²) in [6.45, 7) is 0. The Morgan fingerprint density at radius 1 is 0.923 bits per heavy atom. The standard InChI is InChI=1S/C13H18/c1-3-7-12-10(5-1)9-11-6-2-4-8-13(11)12/h1,4-5,8,10-13H,2-3,6-7,9H2. The first-order chi connectivity index (χ1) is 6.45. The molecule has 70 valence electrons. The van der Waals surface area contributed by atoms with Crippen LogP contribution in [-0.4, -0.2) is 0 Å². The number of hydrogen-bond acceptors (Lipinski definition) is 0. The van der Waals surface area contributed by atoms with Crippen molar-refractivity contribution in [3.63, 3.8) is 0 Å². The Morgan fingerprint density at radius 2 is 1.77 bits per heavy atom. The van der Waals surface area contributed by atoms with E-state index in [9.17, 15) is 0 Å². The molecule has 0 radical (unpaired) electrons. The molecular weight excluding hydrogens is 156 g/mol. The van der Waals surface area contributed by atoms with Gasteiger partial charge in [0.25, 0.3) is 0 Å². The third kappa shape index (κ3) is 1.19. The second kappa shape index (κ2) is 3.01. The molecule has 0 aromatic rings. The molecule has 0 bridgehead atoms. The van der Waals surface area contributed by atoms with E-state index < -0.39 is 0 Å². The second-order valence-electron chi connectivity index (χ2n) is 4.91. The van der Waals surface area contributed by atoms with Crippen molar-refractivity contribution in [2.45, 2.75) is 32.1 Å². The summed E-state index contributed by atoms with van der Waals surface area (Å²) in [5, 5.41) is 0. The van der Waals surface area contributed by atoms with Gasteiger partial charge in [0.2, 0.25) is 0 Å². The predicted octanol–water partition coefficient (Wildman–Crippen LogP) is 3.55. The van der Waals surface area contributed by atoms with Crippen molar-refractivity contribution in [2.24, 2.45) is 23.7 Å². The van der Waals surface area contributed by atoms with Crippen molar-refractivity contribution in [1.82, 2.24) is 0 Å². The molecule has 0 aromatic carbocycles. The molecule has 1 fully saturated rings. The van der Waals surface area contributed by atoms with Gasteiger partial charge in [0.05, 0.1) is 0 Å². The third-order valence-corrected chi connectivity index (χ3v) is 4.28. The second-order valence-corrected chi connectivity index (χ2v) is 4.91. The Bertz CT molecular complexity index is 249. The number of fused-ring (bicyclic) bond motifs is 3. The zero-order valence-electron chi connectivity index (χ0n) is 8.15. The van der Waals surface area contributed by atoms with Gasteiger partial charge in [-0.25, -0.2) is 0 Å². The highest BCUT2D eigenvalue weighted by atomic mass is 14.5. The van der Waals surface area contributed by atoms with E-state index in [0.717, 1.165) is 23.7 Å². The van der Waals surface area contributed by atoms with Crippen LogP contribution in [0.1, 0.15) is 32.1 Å². The molecule has 4 unspecified atom stereocenters. The fraction of sp³-hybridized carbons (Fsp3) is 0.692. The topological polar surface area (TPSA) is 0 Å². The lowest BCUT2D eigenvalue weighted by Crippen LogP contribution is -2.18. The lowest BCUT2D eigenvalue weighted by atomic mass is 9.78. The summed E-state index contributed by atoms with van der Waals surface area (Å²) in [5.41, 5.74) is 0. The van der Waals surface area contributed by atoms with Gasteiger partial charge in [-0.1, -0.05) is 24.3 Å². The van der Waals surface area contributed by atoms with Gasteiger partial charge in [-0.15, -0.1) is 0 Å². The van der Waals surface area contributed by atoms with Crippen LogP contribution in [0.3, 0.4) is 0 Å². The van der Waals surface area contributed by atoms with Gasteiger partial charge >= 0.3 is 0 Å². The Labute approximate surface area is 80.7 Å². The lowest BCUT2D eigenvalue weighted by Gasteiger charge is -2.27. The van der Waals surface area contributed by atoms with Gasteiger partial charge < -0.3 is 0 Å². The molecule has 0 saturated heterocycles. The minimum Gasteiger partial charge on any atom is -0.0882 e. The van der Waals surface area contributed by atoms with Crippen LogP contribution in [0.4, 0.5) is 0 Å². The molecule has 0 spiro atoms. The van der Waals surface area contributed by atoms with E-state index in [4.69, 9.17) is 0 Å². The molecule has 1 saturated carbocycles. The average molecular weight is 174 g/mol. The molecule has 3 rings (SSSR count). The van der Waals surface area contributed by atoms with E-state index in [-0.39, 0.29) is 0 Å². The summed E-state index contributed by atoms with van der Waals surface area (Å²) in [4.78, 5) is 0. The van der Waals surface area contributed by atoms with Crippen LogP contribution in [0.25, 0.3) is 0 Å². The van der Waals surface area contributed by atoms with E-state index in [0.29, 0.717) is 0 Å². The molecule has 3 aliphatic carbocycles. The molecular formula is C13H18. The van der Waals surface area contributed by atoms with Gasteiger partial charge in [0, 0.05) is 0 Å². The number of rotatable bonds is 0. The van der Waals surface area contributed by atoms with E-state index >= 15 is 0 Å². The first kappa shape index (κ1) is 7.84. The largest absolute Gasteiger partial charge is 0.0882 e. The van der Waals surface area contributed by atoms with Crippen molar-refractivity contribution in [1.29, 1.82) is 0 Å². The third-order valence-electron chi connectivity index (χ3n) is 4.28. The predicted molar refractivity (Wildman–Crippen MR) is 55.3 cm³/mol. The first-order valence-corrected chi connectivity index (χ1v) is 5.78. The molecule has 3 aliphatic rings. The van der Waals surface area contributed by atoms with Gasteiger partial charge in [0.15, 0.2) is 0 Å². The van der Waals surface area contributed by atoms with Crippen LogP contribution in [0.5, 0.6) is 0 Å². The molecule has 0 amide bonds. The Morgan fingerprint density at radius 3 is 2.77 bits per heavy atom. The SMILES string of the molecule is C1=CC2C(CC1)CC1C=CCCC12. The quantitative estimate of drug-likeness (QED) is 0.493. The number of allylic oxidation sites excluding steroid dienone is 4. The lowest BCUT2D eigenvalue weighted by molar-refractivity contribution is 0.318. The minimum absolute atomic E-state index is 0.937. The van der Waals surface area contributed by atoms with Crippen LogP contribution in [0, 0.1) is 23.7 Å². The number of hydrogen-bond donors (Lipinski definition) is 0. The van der Waals surface area contributed by atoms with Crippen LogP contribution < -0.4 is 0 Å². The average Bonchev–Trinajstić information content (AvgIpc) is 2.56. The normalized spacial score (nSPS) is 47.4. The van der Waals surface area contributed by atoms with E-state index in [1.165, 1.54) is 32.1 Å². The summed E-state index contributed by atoms with van der Waals surface area (Å²) in [5.74, 6) is 3.92. The molecule has 0 aromatic heterocycles. The summed E-state index contributed by atoms with van der Waals surface area (Å²) < 4.78 is 0. The fourth-order valence-electron chi connectivity index (χ4n) is 3.68. The van der Waals surface area contributed by atoms with Crippen molar-refractivity contribution in [2.75, 3.05) is 0 Å². The van der Waals surface area contributed by atoms with Crippen LogP contribution in [0.2, 0.25) is 0 Å². The van der Waals surface area contributed by atoms with E-state index in [1.807, 2.05) is 0 Å². The first-order valence-electron chi connectivity index (χ1n) is 5.78. The molecule has 4 atom stereocenters. The molecule has 0 aliphatic heterocycles. The maximum Gasteiger partial charge on any atom is -0.0171 e. The van der Waals surface area contributed by atoms with Crippen LogP contribution in [-0.2, 0) is 0 Å². The molecule has 0 heterocycles. The van der Waals surface area contributed by atoms with Gasteiger partial charge in [0.1, 0.15) is 0 Å².